The Morgan fingerprint density at radius 1 is 1.60 bits per heavy atom. The number of nitrogens with two attached hydrogens (primary N) is 1. The smallest absolute Gasteiger partial charge is 0.313 e. The molecule has 3 heteroatoms. The molecule has 0 bridgehead atoms. The number of hydrogen-bond donors (Lipinski definition) is 1. The summed E-state index contributed by atoms with van der Waals surface area (Å²) in [6.45, 7) is 2.27. The van der Waals surface area contributed by atoms with E-state index in [9.17, 15) is 4.79 Å². The van der Waals surface area contributed by atoms with Crippen molar-refractivity contribution in [3.8, 4) is 0 Å². The monoisotopic (exact) mass is 205 g/mol. The number of carbonyl (C=O) groups is 1. The van der Waals surface area contributed by atoms with E-state index in [-0.39, 0.29) is 11.9 Å². The molecule has 0 amide bonds. The van der Waals surface area contributed by atoms with E-state index in [4.69, 9.17) is 10.5 Å². The summed E-state index contributed by atoms with van der Waals surface area (Å²) >= 11 is 0. The zero-order valence-corrected chi connectivity index (χ0v) is 8.82. The maximum atomic E-state index is 11.6. The van der Waals surface area contributed by atoms with Gasteiger partial charge < -0.3 is 10.5 Å². The summed E-state index contributed by atoms with van der Waals surface area (Å²) in [4.78, 5) is 11.6. The van der Waals surface area contributed by atoms with E-state index in [0.29, 0.717) is 6.61 Å². The molecule has 0 heterocycles. The van der Waals surface area contributed by atoms with Crippen LogP contribution in [-0.2, 0) is 16.0 Å². The van der Waals surface area contributed by atoms with E-state index in [0.717, 1.165) is 24.1 Å². The standard InChI is InChI=1S/C12H15NO2/c1-2-15-12(14)11-5-3-8-7-9(13)4-6-10(8)11/h4,6-7,11H,2-3,5,13H2,1H3. The molecule has 0 saturated carbocycles. The first-order valence-electron chi connectivity index (χ1n) is 5.27. The summed E-state index contributed by atoms with van der Waals surface area (Å²) in [6, 6.07) is 5.74. The van der Waals surface area contributed by atoms with Gasteiger partial charge in [0.25, 0.3) is 0 Å². The van der Waals surface area contributed by atoms with Gasteiger partial charge in [-0.15, -0.1) is 0 Å². The van der Waals surface area contributed by atoms with Crippen molar-refractivity contribution in [2.75, 3.05) is 12.3 Å². The second-order valence-electron chi connectivity index (χ2n) is 3.80. The third-order valence-electron chi connectivity index (χ3n) is 2.82. The summed E-state index contributed by atoms with van der Waals surface area (Å²) in [5.74, 6) is -0.193. The average Bonchev–Trinajstić information content (AvgIpc) is 2.60. The van der Waals surface area contributed by atoms with Crippen LogP contribution < -0.4 is 5.73 Å². The number of rotatable bonds is 2. The molecule has 1 aromatic carbocycles. The molecule has 0 saturated heterocycles. The van der Waals surface area contributed by atoms with Gasteiger partial charge >= 0.3 is 5.97 Å². The van der Waals surface area contributed by atoms with Crippen molar-refractivity contribution in [1.29, 1.82) is 0 Å². The van der Waals surface area contributed by atoms with Crippen LogP contribution in [0.15, 0.2) is 18.2 Å². The van der Waals surface area contributed by atoms with Crippen molar-refractivity contribution in [2.24, 2.45) is 0 Å². The lowest BCUT2D eigenvalue weighted by Gasteiger charge is -2.10. The zero-order chi connectivity index (χ0) is 10.8. The van der Waals surface area contributed by atoms with Crippen molar-refractivity contribution >= 4 is 11.7 Å². The van der Waals surface area contributed by atoms with Gasteiger partial charge in [0.2, 0.25) is 0 Å². The van der Waals surface area contributed by atoms with E-state index < -0.39 is 0 Å². The molecular weight excluding hydrogens is 190 g/mol. The Balaban J connectivity index is 2.25. The molecule has 3 nitrogen and oxygen atoms in total. The van der Waals surface area contributed by atoms with Crippen LogP contribution in [0.4, 0.5) is 5.69 Å². The Hall–Kier alpha value is -1.51. The zero-order valence-electron chi connectivity index (χ0n) is 8.82. The van der Waals surface area contributed by atoms with Crippen LogP contribution in [-0.4, -0.2) is 12.6 Å². The van der Waals surface area contributed by atoms with Gasteiger partial charge in [0.05, 0.1) is 12.5 Å². The Morgan fingerprint density at radius 3 is 3.13 bits per heavy atom. The fourth-order valence-electron chi connectivity index (χ4n) is 2.13. The number of anilines is 1. The number of ether oxygens (including phenoxy) is 1. The van der Waals surface area contributed by atoms with Crippen LogP contribution in [0.3, 0.4) is 0 Å². The molecule has 2 N–H and O–H groups in total. The number of esters is 1. The molecule has 0 radical (unpaired) electrons. The SMILES string of the molecule is CCOC(=O)C1CCc2cc(N)ccc21. The van der Waals surface area contributed by atoms with Crippen molar-refractivity contribution in [3.63, 3.8) is 0 Å². The van der Waals surface area contributed by atoms with E-state index in [2.05, 4.69) is 0 Å². The quantitative estimate of drug-likeness (QED) is 0.592. The average molecular weight is 205 g/mol. The normalized spacial score (nSPS) is 18.6. The molecule has 0 aliphatic heterocycles. The molecule has 2 rings (SSSR count). The van der Waals surface area contributed by atoms with Gasteiger partial charge in [-0.2, -0.15) is 0 Å². The van der Waals surface area contributed by atoms with E-state index >= 15 is 0 Å². The maximum absolute atomic E-state index is 11.6. The van der Waals surface area contributed by atoms with Crippen LogP contribution in [0.1, 0.15) is 30.4 Å². The highest BCUT2D eigenvalue weighted by atomic mass is 16.5. The van der Waals surface area contributed by atoms with Crippen molar-refractivity contribution in [2.45, 2.75) is 25.7 Å². The second-order valence-corrected chi connectivity index (χ2v) is 3.80. The Bertz CT molecular complexity index is 387. The molecule has 15 heavy (non-hydrogen) atoms. The minimum Gasteiger partial charge on any atom is -0.466 e. The molecule has 0 aromatic heterocycles. The molecular formula is C12H15NO2. The molecule has 1 aliphatic carbocycles. The summed E-state index contributed by atoms with van der Waals surface area (Å²) in [5, 5.41) is 0. The van der Waals surface area contributed by atoms with Crippen LogP contribution in [0.25, 0.3) is 0 Å². The van der Waals surface area contributed by atoms with Crippen LogP contribution in [0.5, 0.6) is 0 Å². The lowest BCUT2D eigenvalue weighted by atomic mass is 10.0. The highest BCUT2D eigenvalue weighted by Crippen LogP contribution is 2.34. The van der Waals surface area contributed by atoms with Crippen molar-refractivity contribution in [3.05, 3.63) is 29.3 Å². The summed E-state index contributed by atoms with van der Waals surface area (Å²) < 4.78 is 5.04. The Morgan fingerprint density at radius 2 is 2.40 bits per heavy atom. The van der Waals surface area contributed by atoms with Gasteiger partial charge in [-0.3, -0.25) is 4.79 Å². The first-order chi connectivity index (χ1) is 7.22. The fraction of sp³-hybridized carbons (Fsp3) is 0.417. The predicted molar refractivity (Wildman–Crippen MR) is 58.5 cm³/mol. The van der Waals surface area contributed by atoms with Crippen molar-refractivity contribution < 1.29 is 9.53 Å². The van der Waals surface area contributed by atoms with Gasteiger partial charge in [-0.05, 0) is 43.0 Å². The largest absolute Gasteiger partial charge is 0.466 e. The minimum absolute atomic E-state index is 0.0828. The molecule has 1 atom stereocenters. The lowest BCUT2D eigenvalue weighted by molar-refractivity contribution is -0.144. The summed E-state index contributed by atoms with van der Waals surface area (Å²) in [5.41, 5.74) is 8.73. The van der Waals surface area contributed by atoms with Crippen LogP contribution in [0.2, 0.25) is 0 Å². The molecule has 0 spiro atoms. The molecule has 1 aromatic rings. The van der Waals surface area contributed by atoms with E-state index in [1.54, 1.807) is 0 Å². The molecule has 80 valence electrons. The summed E-state index contributed by atoms with van der Waals surface area (Å²) in [6.07, 6.45) is 1.77. The first kappa shape index (κ1) is 10.0. The number of hydrogen-bond acceptors (Lipinski definition) is 3. The summed E-state index contributed by atoms with van der Waals surface area (Å²) in [7, 11) is 0. The number of carbonyl (C=O) groups excluding carboxylic acids is 1. The van der Waals surface area contributed by atoms with E-state index in [1.165, 1.54) is 5.56 Å². The second kappa shape index (κ2) is 3.93. The Kier molecular flexibility index (Phi) is 2.62. The number of fused-ring (bicyclic) bond motifs is 1. The third kappa shape index (κ3) is 1.82. The molecule has 1 aliphatic rings. The predicted octanol–water partition coefficient (Wildman–Crippen LogP) is 1.86. The highest BCUT2D eigenvalue weighted by Gasteiger charge is 2.29. The molecule has 1 unspecified atom stereocenters. The topological polar surface area (TPSA) is 52.3 Å². The van der Waals surface area contributed by atoms with Crippen LogP contribution in [0, 0.1) is 0 Å². The van der Waals surface area contributed by atoms with Gasteiger partial charge in [0.1, 0.15) is 0 Å². The molecule has 0 fully saturated rings. The highest BCUT2D eigenvalue weighted by molar-refractivity contribution is 5.80. The van der Waals surface area contributed by atoms with Gasteiger partial charge in [-0.1, -0.05) is 6.07 Å². The number of aryl methyl sites for hydroxylation is 1. The maximum Gasteiger partial charge on any atom is 0.313 e. The van der Waals surface area contributed by atoms with Crippen LogP contribution >= 0.6 is 0 Å². The third-order valence-corrected chi connectivity index (χ3v) is 2.82. The minimum atomic E-state index is -0.110. The Labute approximate surface area is 89.2 Å². The van der Waals surface area contributed by atoms with Gasteiger partial charge in [0, 0.05) is 5.69 Å². The number of nitrogen functional groups attached to an aromatic ring is 1. The fourth-order valence-corrected chi connectivity index (χ4v) is 2.13. The van der Waals surface area contributed by atoms with Gasteiger partial charge in [0.15, 0.2) is 0 Å². The number of benzene rings is 1. The van der Waals surface area contributed by atoms with E-state index in [1.807, 2.05) is 25.1 Å². The first-order valence-corrected chi connectivity index (χ1v) is 5.27. The van der Waals surface area contributed by atoms with Gasteiger partial charge in [-0.25, -0.2) is 0 Å². The lowest BCUT2D eigenvalue weighted by Crippen LogP contribution is -2.13. The van der Waals surface area contributed by atoms with Crippen molar-refractivity contribution in [1.82, 2.24) is 0 Å².